The topological polar surface area (TPSA) is 99.1 Å². The highest BCUT2D eigenvalue weighted by atomic mass is 16.5. The molecule has 8 heteroatoms. The number of aliphatic hydroxyl groups is 1. The minimum Gasteiger partial charge on any atom is -0.457 e. The maximum atomic E-state index is 11.9. The minimum atomic E-state index is -0.373. The second-order valence-electron chi connectivity index (χ2n) is 5.48. The van der Waals surface area contributed by atoms with Crippen LogP contribution in [0.15, 0.2) is 41.5 Å². The maximum absolute atomic E-state index is 11.9. The number of hydrogen-bond acceptors (Lipinski definition) is 7. The summed E-state index contributed by atoms with van der Waals surface area (Å²) in [7, 11) is 3.81. The molecule has 0 aliphatic heterocycles. The molecule has 0 saturated heterocycles. The van der Waals surface area contributed by atoms with E-state index in [4.69, 9.17) is 9.84 Å². The van der Waals surface area contributed by atoms with Gasteiger partial charge in [0.05, 0.1) is 24.7 Å². The molecule has 0 radical (unpaired) electrons. The second-order valence-corrected chi connectivity index (χ2v) is 5.48. The van der Waals surface area contributed by atoms with E-state index in [2.05, 4.69) is 27.3 Å². The summed E-state index contributed by atoms with van der Waals surface area (Å²) in [5, 5.41) is 14.4. The summed E-state index contributed by atoms with van der Waals surface area (Å²) in [6, 6.07) is 8.69. The molecular weight excluding hydrogens is 334 g/mol. The largest absolute Gasteiger partial charge is 0.457 e. The Balaban J connectivity index is 2.18. The van der Waals surface area contributed by atoms with Gasteiger partial charge < -0.3 is 25.4 Å². The molecule has 1 aromatic carbocycles. The van der Waals surface area contributed by atoms with Gasteiger partial charge in [-0.25, -0.2) is 0 Å². The Morgan fingerprint density at radius 2 is 2.12 bits per heavy atom. The molecular formula is C18H23N5O3. The van der Waals surface area contributed by atoms with Gasteiger partial charge in [0, 0.05) is 31.9 Å². The molecule has 2 rings (SSSR count). The lowest BCUT2D eigenvalue weighted by Crippen LogP contribution is -2.28. The quantitative estimate of drug-likeness (QED) is 0.465. The van der Waals surface area contributed by atoms with Crippen LogP contribution >= 0.6 is 0 Å². The Morgan fingerprint density at radius 3 is 2.81 bits per heavy atom. The number of carbonyl (C=O) groups excluding carboxylic acids is 1. The van der Waals surface area contributed by atoms with Gasteiger partial charge in [0.25, 0.3) is 5.91 Å². The molecule has 1 aromatic heterocycles. The maximum Gasteiger partial charge on any atom is 0.270 e. The number of nitrogens with zero attached hydrogens (tertiary/aromatic N) is 3. The molecule has 138 valence electrons. The zero-order valence-corrected chi connectivity index (χ0v) is 14.9. The molecule has 0 fully saturated rings. The Morgan fingerprint density at radius 1 is 1.35 bits per heavy atom. The fourth-order valence-corrected chi connectivity index (χ4v) is 2.33. The van der Waals surface area contributed by atoms with Gasteiger partial charge in [0.15, 0.2) is 0 Å². The van der Waals surface area contributed by atoms with Gasteiger partial charge in [-0.2, -0.15) is 0 Å². The Kier molecular flexibility index (Phi) is 7.07. The van der Waals surface area contributed by atoms with E-state index in [-0.39, 0.29) is 24.8 Å². The van der Waals surface area contributed by atoms with Crippen molar-refractivity contribution >= 4 is 24.0 Å². The number of aliphatic hydroxyl groups excluding tert-OH is 1. The van der Waals surface area contributed by atoms with Gasteiger partial charge in [-0.1, -0.05) is 0 Å². The molecule has 0 saturated carbocycles. The highest BCUT2D eigenvalue weighted by molar-refractivity contribution is 5.92. The zero-order chi connectivity index (χ0) is 18.9. The van der Waals surface area contributed by atoms with E-state index in [1.807, 2.05) is 31.1 Å². The van der Waals surface area contributed by atoms with Crippen molar-refractivity contribution in [2.24, 2.45) is 4.99 Å². The van der Waals surface area contributed by atoms with Crippen molar-refractivity contribution in [2.75, 3.05) is 38.8 Å². The third-order valence-corrected chi connectivity index (χ3v) is 3.52. The number of ether oxygens (including phenoxy) is 1. The number of anilines is 1. The first-order chi connectivity index (χ1) is 12.6. The lowest BCUT2D eigenvalue weighted by Gasteiger charge is -2.21. The second kappa shape index (κ2) is 9.50. The first-order valence-corrected chi connectivity index (χ1v) is 8.08. The standard InChI is InChI=1S/C18H23N5O3/c1-19-12-23(3)17-5-4-13(10-15(17)20-2)26-14-6-7-21-16(11-14)18(25)22-8-9-24/h4-7,10-11,19,24H,2,8-9,12H2,1,3H3,(H,22,25). The number of amides is 1. The average molecular weight is 357 g/mol. The van der Waals surface area contributed by atoms with Crippen molar-refractivity contribution in [3.05, 3.63) is 42.2 Å². The summed E-state index contributed by atoms with van der Waals surface area (Å²) in [4.78, 5) is 22.0. The molecule has 8 nitrogen and oxygen atoms in total. The average Bonchev–Trinajstić information content (AvgIpc) is 2.66. The lowest BCUT2D eigenvalue weighted by atomic mass is 10.2. The van der Waals surface area contributed by atoms with Gasteiger partial charge in [0.1, 0.15) is 17.2 Å². The van der Waals surface area contributed by atoms with Crippen molar-refractivity contribution in [1.82, 2.24) is 15.6 Å². The van der Waals surface area contributed by atoms with Crippen molar-refractivity contribution < 1.29 is 14.6 Å². The van der Waals surface area contributed by atoms with Crippen molar-refractivity contribution in [3.8, 4) is 11.5 Å². The van der Waals surface area contributed by atoms with E-state index in [0.717, 1.165) is 5.69 Å². The molecule has 3 N–H and O–H groups in total. The lowest BCUT2D eigenvalue weighted by molar-refractivity contribution is 0.0939. The van der Waals surface area contributed by atoms with E-state index in [1.165, 1.54) is 12.3 Å². The van der Waals surface area contributed by atoms with E-state index < -0.39 is 0 Å². The SMILES string of the molecule is C=Nc1cc(Oc2ccnc(C(=O)NCCO)c2)ccc1N(C)CNC. The molecule has 1 amide bonds. The summed E-state index contributed by atoms with van der Waals surface area (Å²) in [5.41, 5.74) is 1.82. The van der Waals surface area contributed by atoms with E-state index in [0.29, 0.717) is 23.9 Å². The third kappa shape index (κ3) is 5.01. The van der Waals surface area contributed by atoms with Gasteiger partial charge in [0.2, 0.25) is 0 Å². The number of carbonyl (C=O) groups is 1. The first-order valence-electron chi connectivity index (χ1n) is 8.08. The fraction of sp³-hybridized carbons (Fsp3) is 0.278. The number of aromatic nitrogens is 1. The van der Waals surface area contributed by atoms with E-state index in [1.54, 1.807) is 12.1 Å². The van der Waals surface area contributed by atoms with Crippen LogP contribution in [0.25, 0.3) is 0 Å². The monoisotopic (exact) mass is 357 g/mol. The molecule has 0 aliphatic carbocycles. The summed E-state index contributed by atoms with van der Waals surface area (Å²) < 4.78 is 5.82. The first kappa shape index (κ1) is 19.4. The Hall–Kier alpha value is -2.97. The van der Waals surface area contributed by atoms with E-state index in [9.17, 15) is 4.79 Å². The molecule has 0 spiro atoms. The highest BCUT2D eigenvalue weighted by Gasteiger charge is 2.10. The molecule has 26 heavy (non-hydrogen) atoms. The summed E-state index contributed by atoms with van der Waals surface area (Å²) >= 11 is 0. The van der Waals surface area contributed by atoms with Crippen LogP contribution in [0, 0.1) is 0 Å². The van der Waals surface area contributed by atoms with Crippen LogP contribution < -0.4 is 20.3 Å². The van der Waals surface area contributed by atoms with Crippen LogP contribution in [0.4, 0.5) is 11.4 Å². The Bertz CT molecular complexity index is 766. The fourth-order valence-electron chi connectivity index (χ4n) is 2.33. The van der Waals surface area contributed by atoms with Crippen molar-refractivity contribution in [3.63, 3.8) is 0 Å². The van der Waals surface area contributed by atoms with Crippen molar-refractivity contribution in [2.45, 2.75) is 0 Å². The highest BCUT2D eigenvalue weighted by Crippen LogP contribution is 2.33. The molecule has 1 heterocycles. The number of benzene rings is 1. The number of rotatable bonds is 9. The number of pyridine rings is 1. The van der Waals surface area contributed by atoms with Crippen molar-refractivity contribution in [1.29, 1.82) is 0 Å². The summed E-state index contributed by atoms with van der Waals surface area (Å²) in [5.74, 6) is 0.671. The van der Waals surface area contributed by atoms with Crippen LogP contribution in [0.1, 0.15) is 10.5 Å². The number of aliphatic imine (C=N–C) groups is 1. The van der Waals surface area contributed by atoms with E-state index >= 15 is 0 Å². The van der Waals surface area contributed by atoms with Gasteiger partial charge in [-0.15, -0.1) is 0 Å². The molecule has 0 aliphatic rings. The van der Waals surface area contributed by atoms with Crippen LogP contribution in [0.2, 0.25) is 0 Å². The smallest absolute Gasteiger partial charge is 0.270 e. The zero-order valence-electron chi connectivity index (χ0n) is 14.9. The van der Waals surface area contributed by atoms with Crippen LogP contribution in [-0.2, 0) is 0 Å². The molecule has 0 atom stereocenters. The van der Waals surface area contributed by atoms with Crippen LogP contribution in [-0.4, -0.2) is 56.6 Å². The molecule has 2 aromatic rings. The summed E-state index contributed by atoms with van der Waals surface area (Å²) in [6.07, 6.45) is 1.49. The van der Waals surface area contributed by atoms with Gasteiger partial charge in [-0.3, -0.25) is 14.8 Å². The van der Waals surface area contributed by atoms with Gasteiger partial charge in [-0.05, 0) is 32.0 Å². The predicted octanol–water partition coefficient (Wildman–Crippen LogP) is 1.54. The molecule has 0 bridgehead atoms. The number of nitrogens with one attached hydrogen (secondary N) is 2. The van der Waals surface area contributed by atoms with Gasteiger partial charge >= 0.3 is 0 Å². The summed E-state index contributed by atoms with van der Waals surface area (Å²) in [6.45, 7) is 4.32. The number of hydrogen-bond donors (Lipinski definition) is 3. The normalized spacial score (nSPS) is 10.3. The van der Waals surface area contributed by atoms with Crippen LogP contribution in [0.5, 0.6) is 11.5 Å². The Labute approximate surface area is 152 Å². The third-order valence-electron chi connectivity index (χ3n) is 3.52. The molecule has 0 unspecified atom stereocenters. The predicted molar refractivity (Wildman–Crippen MR) is 102 cm³/mol. The van der Waals surface area contributed by atoms with Crippen LogP contribution in [0.3, 0.4) is 0 Å². The minimum absolute atomic E-state index is 0.131.